The first-order chi connectivity index (χ1) is 20.8. The van der Waals surface area contributed by atoms with Gasteiger partial charge in [-0.2, -0.15) is 0 Å². The Labute approximate surface area is 258 Å². The number of halogens is 1. The van der Waals surface area contributed by atoms with Crippen molar-refractivity contribution < 1.29 is 23.5 Å². The molecule has 2 N–H and O–H groups in total. The molecule has 0 bridgehead atoms. The van der Waals surface area contributed by atoms with Gasteiger partial charge in [0.25, 0.3) is 11.4 Å². The van der Waals surface area contributed by atoms with Crippen LogP contribution >= 0.6 is 11.6 Å². The van der Waals surface area contributed by atoms with Crippen molar-refractivity contribution in [2.24, 2.45) is 5.92 Å². The Morgan fingerprint density at radius 1 is 1.09 bits per heavy atom. The molecule has 2 amide bonds. The summed E-state index contributed by atoms with van der Waals surface area (Å²) in [5, 5.41) is 13.6. The highest BCUT2D eigenvalue weighted by Crippen LogP contribution is 2.30. The van der Waals surface area contributed by atoms with Crippen LogP contribution in [0.2, 0.25) is 5.02 Å². The van der Waals surface area contributed by atoms with Gasteiger partial charge in [0.1, 0.15) is 18.1 Å². The van der Waals surface area contributed by atoms with Gasteiger partial charge in [-0.25, -0.2) is 9.78 Å². The van der Waals surface area contributed by atoms with Crippen LogP contribution < -0.4 is 16.2 Å². The number of benzene rings is 1. The highest BCUT2D eigenvalue weighted by atomic mass is 35.5. The molecule has 230 valence electrons. The van der Waals surface area contributed by atoms with Gasteiger partial charge in [-0.1, -0.05) is 55.8 Å². The van der Waals surface area contributed by atoms with Gasteiger partial charge in [0.2, 0.25) is 17.6 Å². The van der Waals surface area contributed by atoms with Gasteiger partial charge < -0.3 is 14.5 Å². The lowest BCUT2D eigenvalue weighted by atomic mass is 9.89. The van der Waals surface area contributed by atoms with E-state index in [1.807, 2.05) is 13.8 Å². The van der Waals surface area contributed by atoms with E-state index >= 15 is 0 Å². The fourth-order valence-electron chi connectivity index (χ4n) is 4.37. The first kappa shape index (κ1) is 32.0. The zero-order chi connectivity index (χ0) is 32.2. The Bertz CT molecular complexity index is 1730. The van der Waals surface area contributed by atoms with E-state index in [1.165, 1.54) is 6.20 Å². The number of ketones is 1. The van der Waals surface area contributed by atoms with E-state index < -0.39 is 41.3 Å². The fraction of sp³-hybridized carbons (Fsp3) is 0.333. The van der Waals surface area contributed by atoms with Crippen LogP contribution in [0.15, 0.2) is 57.9 Å². The molecule has 0 aliphatic carbocycles. The van der Waals surface area contributed by atoms with Crippen molar-refractivity contribution in [1.29, 1.82) is 0 Å². The average Bonchev–Trinajstić information content (AvgIpc) is 3.51. The van der Waals surface area contributed by atoms with Crippen LogP contribution in [-0.4, -0.2) is 55.7 Å². The van der Waals surface area contributed by atoms with Crippen molar-refractivity contribution in [1.82, 2.24) is 30.0 Å². The number of amides is 2. The van der Waals surface area contributed by atoms with E-state index in [2.05, 4.69) is 35.5 Å². The van der Waals surface area contributed by atoms with Gasteiger partial charge in [0.15, 0.2) is 0 Å². The van der Waals surface area contributed by atoms with E-state index in [4.69, 9.17) is 16.0 Å². The second-order valence-electron chi connectivity index (χ2n) is 10.8. The van der Waals surface area contributed by atoms with Gasteiger partial charge in [0, 0.05) is 11.8 Å². The largest absolute Gasteiger partial charge is 0.453 e. The molecule has 0 saturated carbocycles. The van der Waals surface area contributed by atoms with Crippen molar-refractivity contribution in [3.63, 3.8) is 0 Å². The van der Waals surface area contributed by atoms with Crippen molar-refractivity contribution in [3.8, 4) is 11.4 Å². The lowest BCUT2D eigenvalue weighted by Crippen LogP contribution is -2.47. The third-order valence-electron chi connectivity index (χ3n) is 6.90. The lowest BCUT2D eigenvalue weighted by Gasteiger charge is -2.21. The number of carbonyl (C=O) groups is 3. The van der Waals surface area contributed by atoms with Gasteiger partial charge in [-0.15, -0.1) is 10.2 Å². The molecule has 13 nitrogen and oxygen atoms in total. The zero-order valence-corrected chi connectivity index (χ0v) is 25.8. The van der Waals surface area contributed by atoms with Gasteiger partial charge in [0.05, 0.1) is 35.0 Å². The van der Waals surface area contributed by atoms with Gasteiger partial charge in [-0.05, 0) is 38.8 Å². The number of pyridine rings is 1. The summed E-state index contributed by atoms with van der Waals surface area (Å²) >= 11 is 5.96. The first-order valence-electron chi connectivity index (χ1n) is 13.6. The van der Waals surface area contributed by atoms with Gasteiger partial charge in [-0.3, -0.25) is 29.3 Å². The van der Waals surface area contributed by atoms with Crippen LogP contribution in [0.25, 0.3) is 11.4 Å². The summed E-state index contributed by atoms with van der Waals surface area (Å²) in [6.07, 6.45) is 0.632. The minimum Gasteiger partial charge on any atom is -0.453 e. The SMILES string of the molecule is COC(=O)Nc1c(C)nc(-c2ccccc2)n(CC(=O)N[C@H](C(=O)c2nnc(C(C)(C)c3ccc(Cl)cn3)o2)C(C)C)c1=O. The van der Waals surface area contributed by atoms with E-state index in [-0.39, 0.29) is 34.9 Å². The molecule has 0 spiro atoms. The molecule has 0 radical (unpaired) electrons. The Kier molecular flexibility index (Phi) is 9.58. The minimum absolute atomic E-state index is 0.142. The molecule has 0 fully saturated rings. The molecule has 3 heterocycles. The highest BCUT2D eigenvalue weighted by molar-refractivity contribution is 6.30. The normalized spacial score (nSPS) is 12.1. The summed E-state index contributed by atoms with van der Waals surface area (Å²) in [6, 6.07) is 11.1. The molecular weight excluding hydrogens is 590 g/mol. The van der Waals surface area contributed by atoms with Crippen LogP contribution in [0.5, 0.6) is 0 Å². The predicted molar refractivity (Wildman–Crippen MR) is 161 cm³/mol. The number of nitrogens with one attached hydrogen (secondary N) is 2. The zero-order valence-electron chi connectivity index (χ0n) is 25.0. The molecule has 4 aromatic rings. The summed E-state index contributed by atoms with van der Waals surface area (Å²) < 4.78 is 11.5. The standard InChI is InChI=1S/C30H32ClN7O6/c1-16(2)22(24(40)26-36-37-28(44-26)30(4,5)20-13-12-19(31)14-32-20)34-21(39)15-38-25(18-10-8-7-9-11-18)33-17(3)23(27(38)41)35-29(42)43-6/h7-14,16,22H,15H2,1-6H3,(H,34,39)(H,35,42)/t22-/m0/s1. The lowest BCUT2D eigenvalue weighted by molar-refractivity contribution is -0.122. The second-order valence-corrected chi connectivity index (χ2v) is 11.3. The Hall–Kier alpha value is -4.91. The molecular formula is C30H32ClN7O6. The number of Topliss-reactive ketones (excluding diaryl/α,β-unsaturated/α-hetero) is 1. The van der Waals surface area contributed by atoms with Crippen LogP contribution in [0.1, 0.15) is 55.7 Å². The number of hydrogen-bond donors (Lipinski definition) is 2. The van der Waals surface area contributed by atoms with Gasteiger partial charge >= 0.3 is 6.09 Å². The van der Waals surface area contributed by atoms with E-state index in [1.54, 1.807) is 63.2 Å². The molecule has 14 heteroatoms. The van der Waals surface area contributed by atoms with Crippen LogP contribution in [0.4, 0.5) is 10.5 Å². The Balaban J connectivity index is 1.62. The van der Waals surface area contributed by atoms with Crippen molar-refractivity contribution >= 4 is 35.1 Å². The number of methoxy groups -OCH3 is 1. The summed E-state index contributed by atoms with van der Waals surface area (Å²) in [7, 11) is 1.16. The molecule has 4 rings (SSSR count). The molecule has 0 aliphatic rings. The molecule has 1 aromatic carbocycles. The number of hydrogen-bond acceptors (Lipinski definition) is 10. The quantitative estimate of drug-likeness (QED) is 0.245. The molecule has 0 unspecified atom stereocenters. The van der Waals surface area contributed by atoms with Crippen LogP contribution in [0, 0.1) is 12.8 Å². The number of carbonyl (C=O) groups excluding carboxylic acids is 3. The molecule has 3 aromatic heterocycles. The van der Waals surface area contributed by atoms with E-state index in [0.29, 0.717) is 16.3 Å². The minimum atomic E-state index is -1.06. The first-order valence-corrected chi connectivity index (χ1v) is 14.0. The number of nitrogens with zero attached hydrogens (tertiary/aromatic N) is 5. The highest BCUT2D eigenvalue weighted by Gasteiger charge is 2.35. The average molecular weight is 622 g/mol. The molecule has 44 heavy (non-hydrogen) atoms. The molecule has 0 saturated heterocycles. The summed E-state index contributed by atoms with van der Waals surface area (Å²) in [6.45, 7) is 8.17. The Morgan fingerprint density at radius 2 is 1.80 bits per heavy atom. The summed E-state index contributed by atoms with van der Waals surface area (Å²) in [5.74, 6) is -1.57. The third kappa shape index (κ3) is 6.83. The Morgan fingerprint density at radius 3 is 2.41 bits per heavy atom. The maximum Gasteiger partial charge on any atom is 0.411 e. The smallest absolute Gasteiger partial charge is 0.411 e. The monoisotopic (exact) mass is 621 g/mol. The summed E-state index contributed by atoms with van der Waals surface area (Å²) in [4.78, 5) is 61.2. The fourth-order valence-corrected chi connectivity index (χ4v) is 4.49. The third-order valence-corrected chi connectivity index (χ3v) is 7.12. The molecule has 0 aliphatic heterocycles. The predicted octanol–water partition coefficient (Wildman–Crippen LogP) is 4.18. The van der Waals surface area contributed by atoms with Crippen molar-refractivity contribution in [2.45, 2.75) is 52.6 Å². The topological polar surface area (TPSA) is 171 Å². The number of aryl methyl sites for hydroxylation is 1. The molecule has 1 atom stereocenters. The number of aromatic nitrogens is 5. The second kappa shape index (κ2) is 13.2. The number of anilines is 1. The van der Waals surface area contributed by atoms with Crippen molar-refractivity contribution in [2.75, 3.05) is 12.4 Å². The maximum absolute atomic E-state index is 13.5. The summed E-state index contributed by atoms with van der Waals surface area (Å²) in [5.41, 5.74) is -0.254. The number of rotatable bonds is 10. The van der Waals surface area contributed by atoms with Crippen LogP contribution in [0.3, 0.4) is 0 Å². The van der Waals surface area contributed by atoms with Crippen molar-refractivity contribution in [3.05, 3.63) is 87.2 Å². The van der Waals surface area contributed by atoms with E-state index in [9.17, 15) is 19.2 Å². The maximum atomic E-state index is 13.5. The number of ether oxygens (including phenoxy) is 1. The van der Waals surface area contributed by atoms with E-state index in [0.717, 1.165) is 11.7 Å². The van der Waals surface area contributed by atoms with Crippen LogP contribution in [-0.2, 0) is 21.5 Å².